The predicted molar refractivity (Wildman–Crippen MR) is 127 cm³/mol. The average molecular weight is 433 g/mol. The maximum atomic E-state index is 12.7. The summed E-state index contributed by atoms with van der Waals surface area (Å²) >= 11 is 6.19. The summed E-state index contributed by atoms with van der Waals surface area (Å²) in [5.41, 5.74) is 3.33. The maximum Gasteiger partial charge on any atom is 0.319 e. The van der Waals surface area contributed by atoms with Crippen LogP contribution in [-0.2, 0) is 12.0 Å². The van der Waals surface area contributed by atoms with E-state index in [1.165, 1.54) is 0 Å². The second-order valence-electron chi connectivity index (χ2n) is 8.50. The van der Waals surface area contributed by atoms with Crippen LogP contribution >= 0.6 is 11.6 Å². The Morgan fingerprint density at radius 1 is 1.00 bits per heavy atom. The van der Waals surface area contributed by atoms with E-state index < -0.39 is 0 Å². The summed E-state index contributed by atoms with van der Waals surface area (Å²) in [5, 5.41) is 13.4. The van der Waals surface area contributed by atoms with Gasteiger partial charge in [0.15, 0.2) is 0 Å². The van der Waals surface area contributed by atoms with Crippen molar-refractivity contribution in [2.45, 2.75) is 32.7 Å². The molecular weight excluding hydrogens is 408 g/mol. The first-order valence-corrected chi connectivity index (χ1v) is 10.6. The summed E-state index contributed by atoms with van der Waals surface area (Å²) in [6.07, 6.45) is 0. The number of anilines is 1. The molecule has 6 heteroatoms. The zero-order chi connectivity index (χ0) is 22.0. The summed E-state index contributed by atoms with van der Waals surface area (Å²) in [7, 11) is 0. The number of carbonyl (C=O) groups is 1. The van der Waals surface area contributed by atoms with Crippen LogP contribution in [0.25, 0.3) is 16.5 Å². The van der Waals surface area contributed by atoms with Gasteiger partial charge in [-0.05, 0) is 35.7 Å². The Hall–Kier alpha value is -3.31. The number of hydrogen-bond acceptors (Lipinski definition) is 2. The molecule has 1 aromatic heterocycles. The largest absolute Gasteiger partial charge is 0.332 e. The molecule has 0 bridgehead atoms. The molecule has 158 valence electrons. The number of rotatable bonds is 4. The predicted octanol–water partition coefficient (Wildman–Crippen LogP) is 6.30. The van der Waals surface area contributed by atoms with Gasteiger partial charge in [0.25, 0.3) is 0 Å². The first-order valence-electron chi connectivity index (χ1n) is 10.2. The molecule has 0 radical (unpaired) electrons. The summed E-state index contributed by atoms with van der Waals surface area (Å²) in [5.74, 6) is 0. The van der Waals surface area contributed by atoms with Crippen molar-refractivity contribution in [1.29, 1.82) is 0 Å². The second kappa shape index (κ2) is 8.44. The Morgan fingerprint density at radius 2 is 1.74 bits per heavy atom. The standard InChI is InChI=1S/C25H25ClN4O/c1-25(2,3)23-15-20(30(29-23)19-11-7-10-18(26)14-19)16-27-24(31)28-22-13-6-9-17-8-4-5-12-21(17)22/h4-15H,16H2,1-3H3,(H2,27,28,31). The van der Waals surface area contributed by atoms with Crippen LogP contribution in [-0.4, -0.2) is 15.8 Å². The number of carbonyl (C=O) groups excluding carboxylic acids is 1. The summed E-state index contributed by atoms with van der Waals surface area (Å²) in [6, 6.07) is 23.1. The van der Waals surface area contributed by atoms with Crippen LogP contribution in [0.1, 0.15) is 32.2 Å². The van der Waals surface area contributed by atoms with Crippen LogP contribution in [0, 0.1) is 0 Å². The minimum absolute atomic E-state index is 0.121. The molecule has 31 heavy (non-hydrogen) atoms. The highest BCUT2D eigenvalue weighted by atomic mass is 35.5. The Kier molecular flexibility index (Phi) is 5.70. The van der Waals surface area contributed by atoms with Gasteiger partial charge in [0.05, 0.1) is 29.3 Å². The van der Waals surface area contributed by atoms with E-state index in [4.69, 9.17) is 16.7 Å². The van der Waals surface area contributed by atoms with Crippen LogP contribution in [0.3, 0.4) is 0 Å². The van der Waals surface area contributed by atoms with Crippen LogP contribution in [0.15, 0.2) is 72.8 Å². The third-order valence-electron chi connectivity index (χ3n) is 5.07. The van der Waals surface area contributed by atoms with Gasteiger partial charge in [0.1, 0.15) is 0 Å². The fraction of sp³-hybridized carbons (Fsp3) is 0.200. The molecule has 3 aromatic carbocycles. The molecule has 0 fully saturated rings. The van der Waals surface area contributed by atoms with E-state index in [9.17, 15) is 4.79 Å². The zero-order valence-corrected chi connectivity index (χ0v) is 18.6. The molecular formula is C25H25ClN4O. The Balaban J connectivity index is 1.56. The maximum absolute atomic E-state index is 12.7. The molecule has 0 atom stereocenters. The lowest BCUT2D eigenvalue weighted by Crippen LogP contribution is -2.29. The number of nitrogens with one attached hydrogen (secondary N) is 2. The van der Waals surface area contributed by atoms with Gasteiger partial charge in [0.2, 0.25) is 0 Å². The SMILES string of the molecule is CC(C)(C)c1cc(CNC(=O)Nc2cccc3ccccc23)n(-c2cccc(Cl)c2)n1. The number of aromatic nitrogens is 2. The monoisotopic (exact) mass is 432 g/mol. The van der Waals surface area contributed by atoms with Crippen molar-refractivity contribution >= 4 is 34.1 Å². The molecule has 0 saturated carbocycles. The van der Waals surface area contributed by atoms with Crippen molar-refractivity contribution in [3.63, 3.8) is 0 Å². The van der Waals surface area contributed by atoms with E-state index in [0.29, 0.717) is 11.6 Å². The molecule has 0 aliphatic carbocycles. The molecule has 1 heterocycles. The Morgan fingerprint density at radius 3 is 2.52 bits per heavy atom. The number of benzene rings is 3. The molecule has 0 saturated heterocycles. The lowest BCUT2D eigenvalue weighted by molar-refractivity contribution is 0.251. The van der Waals surface area contributed by atoms with Crippen molar-refractivity contribution in [3.8, 4) is 5.69 Å². The summed E-state index contributed by atoms with van der Waals surface area (Å²) in [4.78, 5) is 12.7. The van der Waals surface area contributed by atoms with Gasteiger partial charge in [-0.2, -0.15) is 5.10 Å². The molecule has 0 aliphatic rings. The van der Waals surface area contributed by atoms with E-state index in [0.717, 1.165) is 33.5 Å². The molecule has 0 unspecified atom stereocenters. The Bertz CT molecular complexity index is 1230. The van der Waals surface area contributed by atoms with Crippen LogP contribution < -0.4 is 10.6 Å². The topological polar surface area (TPSA) is 59.0 Å². The fourth-order valence-corrected chi connectivity index (χ4v) is 3.60. The van der Waals surface area contributed by atoms with Crippen LogP contribution in [0.5, 0.6) is 0 Å². The van der Waals surface area contributed by atoms with Crippen LogP contribution in [0.4, 0.5) is 10.5 Å². The molecule has 4 aromatic rings. The number of amides is 2. The van der Waals surface area contributed by atoms with Gasteiger partial charge in [-0.3, -0.25) is 0 Å². The minimum Gasteiger partial charge on any atom is -0.332 e. The van der Waals surface area contributed by atoms with Crippen molar-refractivity contribution in [2.24, 2.45) is 0 Å². The third-order valence-corrected chi connectivity index (χ3v) is 5.31. The molecule has 2 N–H and O–H groups in total. The highest BCUT2D eigenvalue weighted by Gasteiger charge is 2.21. The average Bonchev–Trinajstić information content (AvgIpc) is 3.17. The molecule has 0 spiro atoms. The molecule has 5 nitrogen and oxygen atoms in total. The third kappa shape index (κ3) is 4.72. The normalized spacial score (nSPS) is 11.5. The first kappa shape index (κ1) is 20.9. The minimum atomic E-state index is -0.271. The van der Waals surface area contributed by atoms with Gasteiger partial charge in [0, 0.05) is 15.8 Å². The van der Waals surface area contributed by atoms with Gasteiger partial charge in [-0.1, -0.05) is 74.8 Å². The molecule has 0 aliphatic heterocycles. The van der Waals surface area contributed by atoms with E-state index in [-0.39, 0.29) is 11.4 Å². The lowest BCUT2D eigenvalue weighted by Gasteiger charge is -2.14. The quantitative estimate of drug-likeness (QED) is 0.397. The fourth-order valence-electron chi connectivity index (χ4n) is 3.42. The Labute approximate surface area is 187 Å². The molecule has 4 rings (SSSR count). The highest BCUT2D eigenvalue weighted by Crippen LogP contribution is 2.25. The van der Waals surface area contributed by atoms with Gasteiger partial charge in [-0.15, -0.1) is 0 Å². The number of halogens is 1. The van der Waals surface area contributed by atoms with Gasteiger partial charge in [-0.25, -0.2) is 9.48 Å². The zero-order valence-electron chi connectivity index (χ0n) is 17.8. The first-order chi connectivity index (χ1) is 14.8. The lowest BCUT2D eigenvalue weighted by atomic mass is 9.92. The molecule has 2 amide bonds. The highest BCUT2D eigenvalue weighted by molar-refractivity contribution is 6.30. The van der Waals surface area contributed by atoms with Gasteiger partial charge >= 0.3 is 6.03 Å². The van der Waals surface area contributed by atoms with Crippen molar-refractivity contribution in [1.82, 2.24) is 15.1 Å². The number of nitrogens with zero attached hydrogens (tertiary/aromatic N) is 2. The van der Waals surface area contributed by atoms with Crippen molar-refractivity contribution < 1.29 is 4.79 Å². The second-order valence-corrected chi connectivity index (χ2v) is 8.93. The summed E-state index contributed by atoms with van der Waals surface area (Å²) in [6.45, 7) is 6.67. The van der Waals surface area contributed by atoms with Crippen molar-refractivity contribution in [2.75, 3.05) is 5.32 Å². The van der Waals surface area contributed by atoms with E-state index in [1.54, 1.807) is 0 Å². The number of hydrogen-bond donors (Lipinski definition) is 2. The number of fused-ring (bicyclic) bond motifs is 1. The van der Waals surface area contributed by atoms with Crippen molar-refractivity contribution in [3.05, 3.63) is 89.2 Å². The number of urea groups is 1. The van der Waals surface area contributed by atoms with Gasteiger partial charge < -0.3 is 10.6 Å². The van der Waals surface area contributed by atoms with E-state index >= 15 is 0 Å². The smallest absolute Gasteiger partial charge is 0.319 e. The van der Waals surface area contributed by atoms with E-state index in [1.807, 2.05) is 77.5 Å². The summed E-state index contributed by atoms with van der Waals surface area (Å²) < 4.78 is 1.84. The van der Waals surface area contributed by atoms with Crippen LogP contribution in [0.2, 0.25) is 5.02 Å². The van der Waals surface area contributed by atoms with E-state index in [2.05, 4.69) is 31.4 Å².